The van der Waals surface area contributed by atoms with E-state index < -0.39 is 34.2 Å². The van der Waals surface area contributed by atoms with Crippen LogP contribution in [0.5, 0.6) is 0 Å². The molecule has 0 spiro atoms. The highest BCUT2D eigenvalue weighted by atomic mass is 32.2. The van der Waals surface area contributed by atoms with E-state index in [0.717, 1.165) is 16.9 Å². The molecule has 8 nitrogen and oxygen atoms in total. The van der Waals surface area contributed by atoms with E-state index in [-0.39, 0.29) is 17.5 Å². The molecule has 1 aliphatic rings. The lowest BCUT2D eigenvalue weighted by atomic mass is 10.3. The highest BCUT2D eigenvalue weighted by Crippen LogP contribution is 2.28. The maximum Gasteiger partial charge on any atom is 0.435 e. The highest BCUT2D eigenvalue weighted by Gasteiger charge is 2.34. The minimum absolute atomic E-state index is 0.0530. The Bertz CT molecular complexity index is 932. The molecule has 3 heterocycles. The number of hydrogen-bond donors (Lipinski definition) is 1. The van der Waals surface area contributed by atoms with Gasteiger partial charge in [-0.15, -0.1) is 0 Å². The smallest absolute Gasteiger partial charge is 0.309 e. The van der Waals surface area contributed by atoms with E-state index in [1.165, 1.54) is 4.68 Å². The summed E-state index contributed by atoms with van der Waals surface area (Å²) >= 11 is 0. The second-order valence-electron chi connectivity index (χ2n) is 6.12. The molecule has 0 bridgehead atoms. The molecule has 1 fully saturated rings. The number of aromatic nitrogens is 4. The van der Waals surface area contributed by atoms with Crippen LogP contribution in [-0.4, -0.2) is 45.4 Å². The number of hydrogen-bond acceptors (Lipinski definition) is 5. The van der Waals surface area contributed by atoms with Crippen molar-refractivity contribution in [3.8, 4) is 0 Å². The van der Waals surface area contributed by atoms with Crippen LogP contribution in [0.2, 0.25) is 0 Å². The lowest BCUT2D eigenvalue weighted by Crippen LogP contribution is -2.23. The predicted molar refractivity (Wildman–Crippen MR) is 85.1 cm³/mol. The van der Waals surface area contributed by atoms with Gasteiger partial charge in [-0.05, 0) is 19.4 Å². The molecule has 1 N–H and O–H groups in total. The Morgan fingerprint density at radius 2 is 2.12 bits per heavy atom. The van der Waals surface area contributed by atoms with Crippen molar-refractivity contribution in [3.63, 3.8) is 0 Å². The molecule has 1 amide bonds. The summed E-state index contributed by atoms with van der Waals surface area (Å²) < 4.78 is 63.2. The number of rotatable bonds is 4. The van der Waals surface area contributed by atoms with Crippen LogP contribution < -0.4 is 5.32 Å². The second kappa shape index (κ2) is 6.41. The lowest BCUT2D eigenvalue weighted by molar-refractivity contribution is -0.141. The first-order valence-corrected chi connectivity index (χ1v) is 9.53. The molecule has 1 unspecified atom stereocenters. The number of sulfone groups is 1. The topological polar surface area (TPSA) is 98.9 Å². The first-order valence-electron chi connectivity index (χ1n) is 7.70. The van der Waals surface area contributed by atoms with Crippen molar-refractivity contribution >= 4 is 21.6 Å². The van der Waals surface area contributed by atoms with Gasteiger partial charge in [0, 0.05) is 12.3 Å². The van der Waals surface area contributed by atoms with Crippen molar-refractivity contribution in [2.45, 2.75) is 32.1 Å². The van der Waals surface area contributed by atoms with Crippen LogP contribution >= 0.6 is 0 Å². The zero-order valence-corrected chi connectivity index (χ0v) is 14.5. The normalized spacial score (nSPS) is 19.6. The van der Waals surface area contributed by atoms with Gasteiger partial charge in [0.25, 0.3) is 0 Å². The van der Waals surface area contributed by atoms with Crippen LogP contribution in [0.25, 0.3) is 0 Å². The molecule has 1 atom stereocenters. The lowest BCUT2D eigenvalue weighted by Gasteiger charge is -2.13. The Hall–Kier alpha value is -2.37. The summed E-state index contributed by atoms with van der Waals surface area (Å²) in [5.41, 5.74) is -0.495. The van der Waals surface area contributed by atoms with Gasteiger partial charge < -0.3 is 5.32 Å². The van der Waals surface area contributed by atoms with E-state index in [1.807, 2.05) is 0 Å². The average molecular weight is 391 g/mol. The maximum atomic E-state index is 12.5. The number of halogens is 3. The van der Waals surface area contributed by atoms with Gasteiger partial charge in [0.1, 0.15) is 12.4 Å². The Balaban J connectivity index is 1.71. The number of anilines is 1. The summed E-state index contributed by atoms with van der Waals surface area (Å²) in [6.07, 6.45) is -3.12. The minimum Gasteiger partial charge on any atom is -0.309 e. The van der Waals surface area contributed by atoms with Gasteiger partial charge >= 0.3 is 6.18 Å². The van der Waals surface area contributed by atoms with Crippen molar-refractivity contribution in [1.29, 1.82) is 0 Å². The quantitative estimate of drug-likeness (QED) is 0.850. The van der Waals surface area contributed by atoms with Gasteiger partial charge in [-0.1, -0.05) is 0 Å². The number of alkyl halides is 3. The van der Waals surface area contributed by atoms with E-state index in [1.54, 1.807) is 13.0 Å². The Labute approximate surface area is 146 Å². The number of aryl methyl sites for hydroxylation is 1. The first kappa shape index (κ1) is 18.4. The SMILES string of the molecule is Cc1cc(NC(=O)Cn2ccc(C(F)(F)F)n2)n(C2CCS(=O)(=O)C2)n1. The average Bonchev–Trinajstić information content (AvgIpc) is 3.17. The molecule has 2 aromatic rings. The molecule has 1 aliphatic heterocycles. The fourth-order valence-corrected chi connectivity index (χ4v) is 4.48. The van der Waals surface area contributed by atoms with Crippen molar-refractivity contribution in [3.05, 3.63) is 29.7 Å². The highest BCUT2D eigenvalue weighted by molar-refractivity contribution is 7.91. The van der Waals surface area contributed by atoms with Gasteiger partial charge in [0.2, 0.25) is 5.91 Å². The summed E-state index contributed by atoms with van der Waals surface area (Å²) in [6.45, 7) is 1.28. The van der Waals surface area contributed by atoms with Crippen molar-refractivity contribution in [2.75, 3.05) is 16.8 Å². The second-order valence-corrected chi connectivity index (χ2v) is 8.35. The molecule has 1 saturated heterocycles. The molecular formula is C14H16F3N5O3S. The van der Waals surface area contributed by atoms with Crippen molar-refractivity contribution in [1.82, 2.24) is 19.6 Å². The molecule has 142 valence electrons. The molecule has 0 aromatic carbocycles. The molecule has 2 aromatic heterocycles. The Morgan fingerprint density at radius 3 is 2.69 bits per heavy atom. The number of nitrogens with zero attached hydrogens (tertiary/aromatic N) is 4. The molecule has 0 radical (unpaired) electrons. The molecule has 12 heteroatoms. The number of carbonyl (C=O) groups is 1. The van der Waals surface area contributed by atoms with E-state index in [9.17, 15) is 26.4 Å². The van der Waals surface area contributed by atoms with Crippen molar-refractivity contribution in [2.24, 2.45) is 0 Å². The Kier molecular flexibility index (Phi) is 4.54. The van der Waals surface area contributed by atoms with Gasteiger partial charge in [-0.25, -0.2) is 13.1 Å². The van der Waals surface area contributed by atoms with Crippen LogP contribution in [0.1, 0.15) is 23.9 Å². The molecule has 26 heavy (non-hydrogen) atoms. The molecule has 3 rings (SSSR count). The summed E-state index contributed by atoms with van der Waals surface area (Å²) in [4.78, 5) is 12.1. The minimum atomic E-state index is -4.58. The summed E-state index contributed by atoms with van der Waals surface area (Å²) in [5.74, 6) is -0.302. The van der Waals surface area contributed by atoms with Crippen molar-refractivity contribution < 1.29 is 26.4 Å². The third kappa shape index (κ3) is 4.06. The number of amides is 1. The molecular weight excluding hydrogens is 375 g/mol. The third-order valence-corrected chi connectivity index (χ3v) is 5.67. The van der Waals surface area contributed by atoms with Crippen LogP contribution in [0.15, 0.2) is 18.3 Å². The maximum absolute atomic E-state index is 12.5. The van der Waals surface area contributed by atoms with Gasteiger partial charge in [-0.3, -0.25) is 9.48 Å². The van der Waals surface area contributed by atoms with Gasteiger partial charge in [0.15, 0.2) is 15.5 Å². The zero-order chi connectivity index (χ0) is 19.1. The van der Waals surface area contributed by atoms with E-state index >= 15 is 0 Å². The zero-order valence-electron chi connectivity index (χ0n) is 13.7. The van der Waals surface area contributed by atoms with E-state index in [2.05, 4.69) is 15.5 Å². The first-order chi connectivity index (χ1) is 12.0. The standard InChI is InChI=1S/C14H16F3N5O3S/c1-9-6-12(22(19-9)10-3-5-26(24,25)8-10)18-13(23)7-21-4-2-11(20-21)14(15,16)17/h2,4,6,10H,3,5,7-8H2,1H3,(H,18,23). The number of nitrogens with one attached hydrogen (secondary N) is 1. The van der Waals surface area contributed by atoms with E-state index in [4.69, 9.17) is 0 Å². The van der Waals surface area contributed by atoms with Crippen LogP contribution in [0.4, 0.5) is 19.0 Å². The number of carbonyl (C=O) groups excluding carboxylic acids is 1. The summed E-state index contributed by atoms with van der Waals surface area (Å²) in [6, 6.07) is 1.98. The van der Waals surface area contributed by atoms with Crippen LogP contribution in [0.3, 0.4) is 0 Å². The van der Waals surface area contributed by atoms with Gasteiger partial charge in [0.05, 0.1) is 23.2 Å². The fraction of sp³-hybridized carbons (Fsp3) is 0.500. The fourth-order valence-electron chi connectivity index (χ4n) is 2.79. The molecule has 0 aliphatic carbocycles. The largest absolute Gasteiger partial charge is 0.435 e. The Morgan fingerprint density at radius 1 is 1.38 bits per heavy atom. The summed E-state index contributed by atoms with van der Waals surface area (Å²) in [5, 5.41) is 10.1. The third-order valence-electron chi connectivity index (χ3n) is 3.92. The van der Waals surface area contributed by atoms with E-state index in [0.29, 0.717) is 17.9 Å². The summed E-state index contributed by atoms with van der Waals surface area (Å²) in [7, 11) is -3.13. The predicted octanol–water partition coefficient (Wildman–Crippen LogP) is 1.41. The molecule has 0 saturated carbocycles. The van der Waals surface area contributed by atoms with Gasteiger partial charge in [-0.2, -0.15) is 23.4 Å². The van der Waals surface area contributed by atoms with Crippen LogP contribution in [-0.2, 0) is 27.4 Å². The monoisotopic (exact) mass is 391 g/mol. The van der Waals surface area contributed by atoms with Crippen LogP contribution in [0, 0.1) is 6.92 Å².